The Morgan fingerprint density at radius 2 is 2.00 bits per heavy atom. The number of aliphatic hydroxyl groups is 1. The van der Waals surface area contributed by atoms with E-state index < -0.39 is 17.3 Å². The molecule has 1 aliphatic heterocycles. The second-order valence-corrected chi connectivity index (χ2v) is 7.09. The highest BCUT2D eigenvalue weighted by Gasteiger charge is 2.43. The predicted molar refractivity (Wildman–Crippen MR) is 86.6 cm³/mol. The van der Waals surface area contributed by atoms with E-state index in [2.05, 4.69) is 5.32 Å². The third-order valence-corrected chi connectivity index (χ3v) is 4.93. The lowest BCUT2D eigenvalue weighted by molar-refractivity contribution is -0.157. The van der Waals surface area contributed by atoms with Crippen LogP contribution in [0.25, 0.3) is 0 Å². The number of hydrogen-bond donors (Lipinski definition) is 2. The molecule has 1 atom stereocenters. The van der Waals surface area contributed by atoms with Gasteiger partial charge in [0.2, 0.25) is 0 Å². The summed E-state index contributed by atoms with van der Waals surface area (Å²) in [5.41, 5.74) is -2.11. The van der Waals surface area contributed by atoms with Crippen LogP contribution in [0, 0.1) is 5.92 Å². The first-order valence-corrected chi connectivity index (χ1v) is 8.67. The topological polar surface area (TPSA) is 52.6 Å². The zero-order valence-electron chi connectivity index (χ0n) is 14.0. The molecule has 138 valence electrons. The molecule has 0 bridgehead atoms. The minimum atomic E-state index is -4.42. The van der Waals surface area contributed by atoms with Crippen molar-refractivity contribution in [1.82, 2.24) is 10.2 Å². The molecular weight excluding hydrogens is 333 g/mol. The molecule has 2 N–H and O–H groups in total. The first kappa shape index (κ1) is 18.2. The first-order chi connectivity index (χ1) is 11.8. The minimum Gasteiger partial charge on any atom is -0.379 e. The SMILES string of the molecule is O=C1N(CC2CC2)CCC[C@]1(O)CNCc1ccccc1C(F)(F)F. The maximum atomic E-state index is 13.0. The van der Waals surface area contributed by atoms with Gasteiger partial charge in [-0.25, -0.2) is 0 Å². The van der Waals surface area contributed by atoms with E-state index in [1.807, 2.05) is 0 Å². The van der Waals surface area contributed by atoms with E-state index in [4.69, 9.17) is 0 Å². The average molecular weight is 356 g/mol. The lowest BCUT2D eigenvalue weighted by Crippen LogP contribution is -2.58. The minimum absolute atomic E-state index is 0.0425. The molecule has 1 aliphatic carbocycles. The summed E-state index contributed by atoms with van der Waals surface area (Å²) in [7, 11) is 0. The number of halogens is 3. The van der Waals surface area contributed by atoms with Gasteiger partial charge in [0.05, 0.1) is 5.56 Å². The van der Waals surface area contributed by atoms with Gasteiger partial charge in [-0.1, -0.05) is 18.2 Å². The molecule has 7 heteroatoms. The zero-order chi connectivity index (χ0) is 18.1. The van der Waals surface area contributed by atoms with Gasteiger partial charge in [0.1, 0.15) is 0 Å². The third kappa shape index (κ3) is 4.33. The van der Waals surface area contributed by atoms with E-state index >= 15 is 0 Å². The summed E-state index contributed by atoms with van der Waals surface area (Å²) in [4.78, 5) is 14.2. The lowest BCUT2D eigenvalue weighted by Gasteiger charge is -2.38. The van der Waals surface area contributed by atoms with Gasteiger partial charge in [-0.3, -0.25) is 4.79 Å². The van der Waals surface area contributed by atoms with Gasteiger partial charge in [0.25, 0.3) is 5.91 Å². The highest BCUT2D eigenvalue weighted by Crippen LogP contribution is 2.33. The molecule has 2 aliphatic rings. The van der Waals surface area contributed by atoms with Crippen molar-refractivity contribution in [2.24, 2.45) is 5.92 Å². The van der Waals surface area contributed by atoms with Gasteiger partial charge in [-0.05, 0) is 43.2 Å². The molecule has 1 aromatic rings. The molecular formula is C18H23F3N2O2. The number of likely N-dealkylation sites (tertiary alicyclic amines) is 1. The normalized spacial score (nSPS) is 24.6. The van der Waals surface area contributed by atoms with E-state index in [1.165, 1.54) is 12.1 Å². The summed E-state index contributed by atoms with van der Waals surface area (Å²) in [6.07, 6.45) is -1.14. The molecule has 1 aromatic carbocycles. The maximum Gasteiger partial charge on any atom is 0.416 e. The van der Waals surface area contributed by atoms with Crippen LogP contribution in [0.15, 0.2) is 24.3 Å². The molecule has 0 spiro atoms. The molecule has 1 heterocycles. The van der Waals surface area contributed by atoms with E-state index in [0.717, 1.165) is 18.9 Å². The highest BCUT2D eigenvalue weighted by molar-refractivity contribution is 5.86. The van der Waals surface area contributed by atoms with Gasteiger partial charge in [0, 0.05) is 26.2 Å². The largest absolute Gasteiger partial charge is 0.416 e. The summed E-state index contributed by atoms with van der Waals surface area (Å²) in [5.74, 6) is 0.236. The van der Waals surface area contributed by atoms with Crippen LogP contribution in [0.4, 0.5) is 13.2 Å². The number of nitrogens with one attached hydrogen (secondary N) is 1. The molecule has 4 nitrogen and oxygen atoms in total. The Kier molecular flexibility index (Phi) is 5.06. The van der Waals surface area contributed by atoms with Gasteiger partial charge < -0.3 is 15.3 Å². The number of amides is 1. The quantitative estimate of drug-likeness (QED) is 0.824. The van der Waals surface area contributed by atoms with Crippen LogP contribution in [0.1, 0.15) is 36.8 Å². The summed E-state index contributed by atoms with van der Waals surface area (Å²) in [5, 5.41) is 13.5. The van der Waals surface area contributed by atoms with Crippen molar-refractivity contribution in [3.8, 4) is 0 Å². The molecule has 3 rings (SSSR count). The summed E-state index contributed by atoms with van der Waals surface area (Å²) in [6.45, 7) is 1.24. The molecule has 0 aromatic heterocycles. The Bertz CT molecular complexity index is 631. The number of piperidine rings is 1. The van der Waals surface area contributed by atoms with Gasteiger partial charge in [-0.2, -0.15) is 13.2 Å². The van der Waals surface area contributed by atoms with Gasteiger partial charge >= 0.3 is 6.18 Å². The third-order valence-electron chi connectivity index (χ3n) is 4.93. The summed E-state index contributed by atoms with van der Waals surface area (Å²) < 4.78 is 39.0. The number of nitrogens with zero attached hydrogens (tertiary/aromatic N) is 1. The second kappa shape index (κ2) is 6.96. The number of carbonyl (C=O) groups is 1. The monoisotopic (exact) mass is 356 g/mol. The van der Waals surface area contributed by atoms with Crippen LogP contribution in [-0.2, 0) is 17.5 Å². The van der Waals surface area contributed by atoms with Gasteiger partial charge in [-0.15, -0.1) is 0 Å². The molecule has 0 radical (unpaired) electrons. The molecule has 0 unspecified atom stereocenters. The average Bonchev–Trinajstić information content (AvgIpc) is 3.36. The molecule has 1 saturated heterocycles. The number of carbonyl (C=O) groups excluding carboxylic acids is 1. The lowest BCUT2D eigenvalue weighted by atomic mass is 9.91. The first-order valence-electron chi connectivity index (χ1n) is 8.67. The van der Waals surface area contributed by atoms with E-state index in [0.29, 0.717) is 31.8 Å². The van der Waals surface area contributed by atoms with Crippen molar-refractivity contribution < 1.29 is 23.1 Å². The van der Waals surface area contributed by atoms with E-state index in [-0.39, 0.29) is 24.6 Å². The van der Waals surface area contributed by atoms with Crippen molar-refractivity contribution in [3.05, 3.63) is 35.4 Å². The Labute approximate surface area is 145 Å². The molecule has 1 amide bonds. The number of alkyl halides is 3. The highest BCUT2D eigenvalue weighted by atomic mass is 19.4. The Morgan fingerprint density at radius 1 is 1.28 bits per heavy atom. The summed E-state index contributed by atoms with van der Waals surface area (Å²) in [6, 6.07) is 5.33. The fourth-order valence-corrected chi connectivity index (χ4v) is 3.37. The smallest absolute Gasteiger partial charge is 0.379 e. The fraction of sp³-hybridized carbons (Fsp3) is 0.611. The maximum absolute atomic E-state index is 13.0. The van der Waals surface area contributed by atoms with E-state index in [1.54, 1.807) is 11.0 Å². The van der Waals surface area contributed by atoms with Crippen molar-refractivity contribution in [2.75, 3.05) is 19.6 Å². The summed E-state index contributed by atoms with van der Waals surface area (Å²) >= 11 is 0. The van der Waals surface area contributed by atoms with Crippen LogP contribution in [0.3, 0.4) is 0 Å². The van der Waals surface area contributed by atoms with Crippen LogP contribution >= 0.6 is 0 Å². The van der Waals surface area contributed by atoms with Crippen molar-refractivity contribution >= 4 is 5.91 Å². The van der Waals surface area contributed by atoms with Crippen LogP contribution in [-0.4, -0.2) is 41.1 Å². The Balaban J connectivity index is 1.60. The fourth-order valence-electron chi connectivity index (χ4n) is 3.37. The van der Waals surface area contributed by atoms with Crippen molar-refractivity contribution in [2.45, 2.75) is 44.0 Å². The van der Waals surface area contributed by atoms with Crippen LogP contribution in [0.5, 0.6) is 0 Å². The molecule has 2 fully saturated rings. The standard InChI is InChI=1S/C18H23F3N2O2/c19-18(20,21)15-5-2-1-4-14(15)10-22-12-17(25)8-3-9-23(16(17)24)11-13-6-7-13/h1-2,4-5,13,22,25H,3,6-12H2/t17-/m0/s1. The number of rotatable bonds is 6. The second-order valence-electron chi connectivity index (χ2n) is 7.09. The Morgan fingerprint density at radius 3 is 2.68 bits per heavy atom. The molecule has 25 heavy (non-hydrogen) atoms. The Hall–Kier alpha value is -1.60. The van der Waals surface area contributed by atoms with Crippen molar-refractivity contribution in [3.63, 3.8) is 0 Å². The number of hydrogen-bond acceptors (Lipinski definition) is 3. The van der Waals surface area contributed by atoms with Crippen LogP contribution < -0.4 is 5.32 Å². The number of benzene rings is 1. The van der Waals surface area contributed by atoms with Crippen molar-refractivity contribution in [1.29, 1.82) is 0 Å². The predicted octanol–water partition coefficient (Wildman–Crippen LogP) is 2.56. The molecule has 1 saturated carbocycles. The van der Waals surface area contributed by atoms with E-state index in [9.17, 15) is 23.1 Å². The van der Waals surface area contributed by atoms with Crippen LogP contribution in [0.2, 0.25) is 0 Å². The zero-order valence-corrected chi connectivity index (χ0v) is 14.0. The van der Waals surface area contributed by atoms with Gasteiger partial charge in [0.15, 0.2) is 5.60 Å².